The summed E-state index contributed by atoms with van der Waals surface area (Å²) in [4.78, 5) is 23.7. The minimum Gasteiger partial charge on any atom is -0.350 e. The molecule has 0 spiro atoms. The first kappa shape index (κ1) is 15.2. The lowest BCUT2D eigenvalue weighted by Crippen LogP contribution is -2.35. The summed E-state index contributed by atoms with van der Waals surface area (Å²) in [6.07, 6.45) is 0.847. The summed E-state index contributed by atoms with van der Waals surface area (Å²) in [7, 11) is 0. The molecule has 0 aromatic heterocycles. The quantitative estimate of drug-likeness (QED) is 0.752. The molecule has 104 valence electrons. The summed E-state index contributed by atoms with van der Waals surface area (Å²) in [6, 6.07) is 6.35. The van der Waals surface area contributed by atoms with E-state index in [-0.39, 0.29) is 17.9 Å². The lowest BCUT2D eigenvalue weighted by Gasteiger charge is -2.15. The molecule has 0 saturated carbocycles. The van der Waals surface area contributed by atoms with Gasteiger partial charge >= 0.3 is 0 Å². The van der Waals surface area contributed by atoms with E-state index < -0.39 is 6.04 Å². The van der Waals surface area contributed by atoms with Gasteiger partial charge in [0.15, 0.2) is 0 Å². The van der Waals surface area contributed by atoms with Gasteiger partial charge in [0.05, 0.1) is 17.3 Å². The number of hydrogen-bond donors (Lipinski definition) is 3. The van der Waals surface area contributed by atoms with E-state index in [2.05, 4.69) is 10.6 Å². The van der Waals surface area contributed by atoms with Crippen molar-refractivity contribution in [3.8, 4) is 0 Å². The molecule has 1 unspecified atom stereocenters. The van der Waals surface area contributed by atoms with Crippen molar-refractivity contribution in [1.29, 1.82) is 0 Å². The van der Waals surface area contributed by atoms with Crippen LogP contribution in [0.25, 0.3) is 0 Å². The molecular formula is C14H21N3O2. The maximum Gasteiger partial charge on any atom is 0.253 e. The van der Waals surface area contributed by atoms with Crippen LogP contribution in [0.4, 0.5) is 5.69 Å². The van der Waals surface area contributed by atoms with Crippen LogP contribution in [0, 0.1) is 0 Å². The zero-order chi connectivity index (χ0) is 14.4. The predicted octanol–water partition coefficient (Wildman–Crippen LogP) is 1.50. The van der Waals surface area contributed by atoms with Crippen molar-refractivity contribution in [3.63, 3.8) is 0 Å². The van der Waals surface area contributed by atoms with E-state index in [1.807, 2.05) is 13.8 Å². The Kier molecular flexibility index (Phi) is 5.51. The maximum atomic E-state index is 12.1. The number of amides is 2. The molecular weight excluding hydrogens is 242 g/mol. The third kappa shape index (κ3) is 4.37. The zero-order valence-corrected chi connectivity index (χ0v) is 11.6. The van der Waals surface area contributed by atoms with Crippen LogP contribution in [0.3, 0.4) is 0 Å². The highest BCUT2D eigenvalue weighted by Crippen LogP contribution is 2.15. The van der Waals surface area contributed by atoms with Crippen LogP contribution in [0.5, 0.6) is 0 Å². The second-order valence-electron chi connectivity index (χ2n) is 4.61. The van der Waals surface area contributed by atoms with Gasteiger partial charge in [0.2, 0.25) is 5.91 Å². The third-order valence-electron chi connectivity index (χ3n) is 2.83. The van der Waals surface area contributed by atoms with Crippen molar-refractivity contribution in [1.82, 2.24) is 5.32 Å². The van der Waals surface area contributed by atoms with Gasteiger partial charge in [-0.2, -0.15) is 0 Å². The summed E-state index contributed by atoms with van der Waals surface area (Å²) < 4.78 is 0. The molecule has 2 atom stereocenters. The Hall–Kier alpha value is -1.88. The first-order valence-corrected chi connectivity index (χ1v) is 6.42. The minimum atomic E-state index is -0.620. The van der Waals surface area contributed by atoms with Crippen LogP contribution < -0.4 is 16.4 Å². The number of carbonyl (C=O) groups excluding carboxylic acids is 2. The van der Waals surface area contributed by atoms with Gasteiger partial charge in [0, 0.05) is 6.04 Å². The molecule has 0 aliphatic heterocycles. The molecule has 0 aliphatic rings. The Bertz CT molecular complexity index is 458. The van der Waals surface area contributed by atoms with Crippen molar-refractivity contribution in [2.45, 2.75) is 39.3 Å². The molecule has 4 N–H and O–H groups in total. The molecule has 2 amide bonds. The lowest BCUT2D eigenvalue weighted by atomic mass is 10.1. The fourth-order valence-electron chi connectivity index (χ4n) is 1.44. The first-order chi connectivity index (χ1) is 8.95. The van der Waals surface area contributed by atoms with Gasteiger partial charge in [-0.05, 0) is 32.4 Å². The monoisotopic (exact) mass is 263 g/mol. The molecule has 1 rings (SSSR count). The van der Waals surface area contributed by atoms with Crippen molar-refractivity contribution in [2.24, 2.45) is 5.73 Å². The Labute approximate surface area is 113 Å². The van der Waals surface area contributed by atoms with Crippen molar-refractivity contribution < 1.29 is 9.59 Å². The highest BCUT2D eigenvalue weighted by Gasteiger charge is 2.15. The van der Waals surface area contributed by atoms with Crippen molar-refractivity contribution in [3.05, 3.63) is 29.8 Å². The van der Waals surface area contributed by atoms with Gasteiger partial charge in [-0.3, -0.25) is 9.59 Å². The maximum absolute atomic E-state index is 12.1. The molecule has 0 bridgehead atoms. The predicted molar refractivity (Wildman–Crippen MR) is 75.9 cm³/mol. The van der Waals surface area contributed by atoms with Gasteiger partial charge in [-0.15, -0.1) is 0 Å². The Morgan fingerprint density at radius 3 is 2.47 bits per heavy atom. The number of nitrogens with one attached hydrogen (secondary N) is 2. The third-order valence-corrected chi connectivity index (χ3v) is 2.83. The normalized spacial score (nSPS) is 13.5. The van der Waals surface area contributed by atoms with Crippen molar-refractivity contribution >= 4 is 17.5 Å². The lowest BCUT2D eigenvalue weighted by molar-refractivity contribution is -0.117. The average molecular weight is 263 g/mol. The molecule has 1 aromatic carbocycles. The second-order valence-corrected chi connectivity index (χ2v) is 4.61. The summed E-state index contributed by atoms with van der Waals surface area (Å²) in [6.45, 7) is 5.52. The van der Waals surface area contributed by atoms with Crippen molar-refractivity contribution in [2.75, 3.05) is 5.32 Å². The van der Waals surface area contributed by atoms with Crippen LogP contribution in [-0.2, 0) is 4.79 Å². The highest BCUT2D eigenvalue weighted by atomic mass is 16.2. The molecule has 0 heterocycles. The van der Waals surface area contributed by atoms with Gasteiger partial charge in [-0.1, -0.05) is 19.1 Å². The fraction of sp³-hybridized carbons (Fsp3) is 0.429. The zero-order valence-electron chi connectivity index (χ0n) is 11.6. The number of hydrogen-bond acceptors (Lipinski definition) is 3. The van der Waals surface area contributed by atoms with Gasteiger partial charge < -0.3 is 16.4 Å². The molecule has 0 radical (unpaired) electrons. The first-order valence-electron chi connectivity index (χ1n) is 6.42. The topological polar surface area (TPSA) is 84.2 Å². The molecule has 0 fully saturated rings. The molecule has 19 heavy (non-hydrogen) atoms. The van der Waals surface area contributed by atoms with E-state index in [1.54, 1.807) is 31.2 Å². The Morgan fingerprint density at radius 1 is 1.26 bits per heavy atom. The molecule has 1 aromatic rings. The standard InChI is InChI=1S/C14H21N3O2/c1-4-9(2)16-14(19)11-7-5-6-8-12(11)17-13(18)10(3)15/h5-10H,4,15H2,1-3H3,(H,16,19)(H,17,18)/t9?,10-/m0/s1. The number of carbonyl (C=O) groups is 2. The molecule has 5 nitrogen and oxygen atoms in total. The Balaban J connectivity index is 2.89. The van der Waals surface area contributed by atoms with E-state index in [1.165, 1.54) is 0 Å². The van der Waals surface area contributed by atoms with Gasteiger partial charge in [0.25, 0.3) is 5.91 Å². The van der Waals surface area contributed by atoms with Crippen LogP contribution in [0.15, 0.2) is 24.3 Å². The summed E-state index contributed by atoms with van der Waals surface area (Å²) in [5.74, 6) is -0.515. The van der Waals surface area contributed by atoms with E-state index in [0.717, 1.165) is 6.42 Å². The summed E-state index contributed by atoms with van der Waals surface area (Å²) in [5, 5.41) is 5.52. The molecule has 0 aliphatic carbocycles. The van der Waals surface area contributed by atoms with Crippen LogP contribution in [0.2, 0.25) is 0 Å². The summed E-state index contributed by atoms with van der Waals surface area (Å²) in [5.41, 5.74) is 6.42. The van der Waals surface area contributed by atoms with E-state index >= 15 is 0 Å². The largest absolute Gasteiger partial charge is 0.350 e. The summed E-state index contributed by atoms with van der Waals surface area (Å²) >= 11 is 0. The number of benzene rings is 1. The number of rotatable bonds is 5. The Morgan fingerprint density at radius 2 is 1.89 bits per heavy atom. The van der Waals surface area contributed by atoms with Crippen LogP contribution >= 0.6 is 0 Å². The average Bonchev–Trinajstić information content (AvgIpc) is 2.38. The number of para-hydroxylation sites is 1. The second kappa shape index (κ2) is 6.89. The van der Waals surface area contributed by atoms with Crippen LogP contribution in [-0.4, -0.2) is 23.9 Å². The van der Waals surface area contributed by atoms with Gasteiger partial charge in [-0.25, -0.2) is 0 Å². The molecule has 0 saturated heterocycles. The van der Waals surface area contributed by atoms with E-state index in [4.69, 9.17) is 5.73 Å². The number of nitrogens with two attached hydrogens (primary N) is 1. The fourth-order valence-corrected chi connectivity index (χ4v) is 1.44. The molecule has 5 heteroatoms. The minimum absolute atomic E-state index is 0.0877. The van der Waals surface area contributed by atoms with E-state index in [9.17, 15) is 9.59 Å². The highest BCUT2D eigenvalue weighted by molar-refractivity contribution is 6.04. The number of anilines is 1. The van der Waals surface area contributed by atoms with Crippen LogP contribution in [0.1, 0.15) is 37.6 Å². The smallest absolute Gasteiger partial charge is 0.253 e. The van der Waals surface area contributed by atoms with Gasteiger partial charge in [0.1, 0.15) is 0 Å². The van der Waals surface area contributed by atoms with E-state index in [0.29, 0.717) is 11.3 Å². The SMILES string of the molecule is CCC(C)NC(=O)c1ccccc1NC(=O)[C@H](C)N.